The number of hydrogen-bond acceptors (Lipinski definition) is 2. The van der Waals surface area contributed by atoms with E-state index in [0.717, 1.165) is 19.4 Å². The molecule has 0 aliphatic heterocycles. The summed E-state index contributed by atoms with van der Waals surface area (Å²) in [6.45, 7) is 8.27. The Balaban J connectivity index is 2.02. The molecule has 0 aromatic carbocycles. The van der Waals surface area contributed by atoms with Crippen molar-refractivity contribution < 1.29 is 0 Å². The Morgan fingerprint density at radius 2 is 2.56 bits per heavy atom. The highest BCUT2D eigenvalue weighted by molar-refractivity contribution is 5.21. The second-order valence-corrected chi connectivity index (χ2v) is 4.55. The van der Waals surface area contributed by atoms with Crippen LogP contribution in [0, 0.1) is 0 Å². The number of aromatic nitrogens is 2. The number of aromatic amines is 1. The zero-order valence-corrected chi connectivity index (χ0v) is 10.1. The van der Waals surface area contributed by atoms with Gasteiger partial charge in [0.1, 0.15) is 0 Å². The molecule has 3 nitrogen and oxygen atoms in total. The van der Waals surface area contributed by atoms with Gasteiger partial charge in [0.05, 0.1) is 6.20 Å². The van der Waals surface area contributed by atoms with Gasteiger partial charge in [0.2, 0.25) is 0 Å². The molecule has 0 amide bonds. The Hall–Kier alpha value is -1.09. The van der Waals surface area contributed by atoms with Crippen LogP contribution in [-0.4, -0.2) is 34.2 Å². The molecule has 1 aliphatic rings. The first kappa shape index (κ1) is 11.4. The maximum Gasteiger partial charge on any atom is 0.0522 e. The monoisotopic (exact) mass is 219 g/mol. The fourth-order valence-corrected chi connectivity index (χ4v) is 2.58. The molecular weight excluding hydrogens is 198 g/mol. The highest BCUT2D eigenvalue weighted by Crippen LogP contribution is 2.22. The molecule has 0 saturated carbocycles. The standard InChI is InChI=1S/C13H21N3/c1-3-7-16(8-4-2)12-5-6-13-11(9-12)10-14-15-13/h3,10,12H,1,4-9H2,2H3,(H,14,15). The largest absolute Gasteiger partial charge is 0.296 e. The minimum Gasteiger partial charge on any atom is -0.296 e. The zero-order chi connectivity index (χ0) is 11.4. The van der Waals surface area contributed by atoms with Gasteiger partial charge in [-0.3, -0.25) is 10.00 Å². The lowest BCUT2D eigenvalue weighted by Crippen LogP contribution is -2.39. The molecule has 1 unspecified atom stereocenters. The number of hydrogen-bond donors (Lipinski definition) is 1. The lowest BCUT2D eigenvalue weighted by molar-refractivity contribution is 0.199. The molecule has 0 radical (unpaired) electrons. The molecule has 1 N–H and O–H groups in total. The van der Waals surface area contributed by atoms with E-state index < -0.39 is 0 Å². The summed E-state index contributed by atoms with van der Waals surface area (Å²) < 4.78 is 0. The molecule has 1 atom stereocenters. The van der Waals surface area contributed by atoms with E-state index in [0.29, 0.717) is 6.04 Å². The lowest BCUT2D eigenvalue weighted by atomic mass is 9.92. The molecule has 16 heavy (non-hydrogen) atoms. The van der Waals surface area contributed by atoms with Crippen LogP contribution >= 0.6 is 0 Å². The topological polar surface area (TPSA) is 31.9 Å². The molecule has 1 aromatic heterocycles. The van der Waals surface area contributed by atoms with Crippen molar-refractivity contribution in [2.75, 3.05) is 13.1 Å². The smallest absolute Gasteiger partial charge is 0.0522 e. The van der Waals surface area contributed by atoms with E-state index in [-0.39, 0.29) is 0 Å². The number of H-pyrrole nitrogens is 1. The van der Waals surface area contributed by atoms with Crippen LogP contribution in [0.1, 0.15) is 31.0 Å². The van der Waals surface area contributed by atoms with Crippen molar-refractivity contribution in [2.45, 2.75) is 38.6 Å². The van der Waals surface area contributed by atoms with Gasteiger partial charge in [-0.15, -0.1) is 6.58 Å². The third-order valence-corrected chi connectivity index (χ3v) is 3.38. The highest BCUT2D eigenvalue weighted by atomic mass is 15.2. The molecule has 3 heteroatoms. The summed E-state index contributed by atoms with van der Waals surface area (Å²) in [6.07, 6.45) is 8.72. The van der Waals surface area contributed by atoms with Crippen LogP contribution in [0.4, 0.5) is 0 Å². The van der Waals surface area contributed by atoms with Crippen LogP contribution in [0.3, 0.4) is 0 Å². The number of aryl methyl sites for hydroxylation is 1. The van der Waals surface area contributed by atoms with Gasteiger partial charge in [-0.2, -0.15) is 5.10 Å². The Morgan fingerprint density at radius 1 is 1.69 bits per heavy atom. The van der Waals surface area contributed by atoms with Crippen molar-refractivity contribution in [1.82, 2.24) is 15.1 Å². The van der Waals surface area contributed by atoms with E-state index in [4.69, 9.17) is 0 Å². The van der Waals surface area contributed by atoms with E-state index in [9.17, 15) is 0 Å². The van der Waals surface area contributed by atoms with Gasteiger partial charge in [-0.1, -0.05) is 13.0 Å². The molecule has 1 aromatic rings. The summed E-state index contributed by atoms with van der Waals surface area (Å²) in [5.41, 5.74) is 2.74. The van der Waals surface area contributed by atoms with Gasteiger partial charge in [0.15, 0.2) is 0 Å². The third-order valence-electron chi connectivity index (χ3n) is 3.38. The fraction of sp³-hybridized carbons (Fsp3) is 0.615. The van der Waals surface area contributed by atoms with Crippen LogP contribution in [0.5, 0.6) is 0 Å². The van der Waals surface area contributed by atoms with E-state index in [1.54, 1.807) is 0 Å². The minimum absolute atomic E-state index is 0.669. The molecule has 1 aliphatic carbocycles. The van der Waals surface area contributed by atoms with Crippen LogP contribution in [0.25, 0.3) is 0 Å². The van der Waals surface area contributed by atoms with Crippen molar-refractivity contribution in [1.29, 1.82) is 0 Å². The molecule has 88 valence electrons. The van der Waals surface area contributed by atoms with Crippen molar-refractivity contribution in [2.24, 2.45) is 0 Å². The average Bonchev–Trinajstić information content (AvgIpc) is 2.75. The Morgan fingerprint density at radius 3 is 3.31 bits per heavy atom. The third kappa shape index (κ3) is 2.35. The minimum atomic E-state index is 0.669. The van der Waals surface area contributed by atoms with Crippen LogP contribution in [0.2, 0.25) is 0 Å². The van der Waals surface area contributed by atoms with Crippen molar-refractivity contribution in [3.63, 3.8) is 0 Å². The Labute approximate surface area is 97.5 Å². The summed E-state index contributed by atoms with van der Waals surface area (Å²) >= 11 is 0. The normalized spacial score (nSPS) is 19.8. The van der Waals surface area contributed by atoms with Crippen LogP contribution in [-0.2, 0) is 12.8 Å². The number of nitrogens with zero attached hydrogens (tertiary/aromatic N) is 2. The van der Waals surface area contributed by atoms with E-state index >= 15 is 0 Å². The maximum atomic E-state index is 4.13. The van der Waals surface area contributed by atoms with Crippen LogP contribution < -0.4 is 0 Å². The summed E-state index contributed by atoms with van der Waals surface area (Å²) in [5, 5.41) is 7.22. The lowest BCUT2D eigenvalue weighted by Gasteiger charge is -2.33. The maximum absolute atomic E-state index is 4.13. The average molecular weight is 219 g/mol. The van der Waals surface area contributed by atoms with Gasteiger partial charge in [0, 0.05) is 18.3 Å². The Bertz CT molecular complexity index is 343. The van der Waals surface area contributed by atoms with E-state index in [1.165, 1.54) is 30.6 Å². The summed E-state index contributed by atoms with van der Waals surface area (Å²) in [4.78, 5) is 2.54. The second kappa shape index (κ2) is 5.30. The van der Waals surface area contributed by atoms with E-state index in [2.05, 4.69) is 28.6 Å². The highest BCUT2D eigenvalue weighted by Gasteiger charge is 2.24. The number of fused-ring (bicyclic) bond motifs is 1. The van der Waals surface area contributed by atoms with Crippen molar-refractivity contribution >= 4 is 0 Å². The predicted molar refractivity (Wildman–Crippen MR) is 66.5 cm³/mol. The molecule has 0 fully saturated rings. The first-order chi connectivity index (χ1) is 7.85. The number of nitrogens with one attached hydrogen (secondary N) is 1. The van der Waals surface area contributed by atoms with Gasteiger partial charge < -0.3 is 0 Å². The van der Waals surface area contributed by atoms with E-state index in [1.807, 2.05) is 12.3 Å². The van der Waals surface area contributed by atoms with Crippen LogP contribution in [0.15, 0.2) is 18.9 Å². The molecule has 2 rings (SSSR count). The molecule has 0 spiro atoms. The quantitative estimate of drug-likeness (QED) is 0.770. The van der Waals surface area contributed by atoms with Gasteiger partial charge in [0.25, 0.3) is 0 Å². The zero-order valence-electron chi connectivity index (χ0n) is 10.1. The van der Waals surface area contributed by atoms with Gasteiger partial charge in [-0.05, 0) is 37.8 Å². The molecule has 0 saturated heterocycles. The molecule has 1 heterocycles. The summed E-state index contributed by atoms with van der Waals surface area (Å²) in [6, 6.07) is 0.669. The first-order valence-electron chi connectivity index (χ1n) is 6.21. The SMILES string of the molecule is C=CCN(CCC)C1CCc2[nH]ncc2C1. The summed E-state index contributed by atoms with van der Waals surface area (Å²) in [7, 11) is 0. The molecule has 0 bridgehead atoms. The van der Waals surface area contributed by atoms with Gasteiger partial charge in [-0.25, -0.2) is 0 Å². The second-order valence-electron chi connectivity index (χ2n) is 4.55. The predicted octanol–water partition coefficient (Wildman–Crippen LogP) is 2.17. The Kier molecular flexibility index (Phi) is 3.78. The van der Waals surface area contributed by atoms with Crippen molar-refractivity contribution in [3.8, 4) is 0 Å². The first-order valence-corrected chi connectivity index (χ1v) is 6.21. The number of rotatable bonds is 5. The van der Waals surface area contributed by atoms with Crippen molar-refractivity contribution in [3.05, 3.63) is 30.1 Å². The fourth-order valence-electron chi connectivity index (χ4n) is 2.58. The summed E-state index contributed by atoms with van der Waals surface area (Å²) in [5.74, 6) is 0. The molecular formula is C13H21N3. The van der Waals surface area contributed by atoms with Gasteiger partial charge >= 0.3 is 0 Å².